The number of imidazole rings is 1. The summed E-state index contributed by atoms with van der Waals surface area (Å²) >= 11 is 5.96. The molecule has 0 spiro atoms. The van der Waals surface area contributed by atoms with Crippen LogP contribution in [0.3, 0.4) is 0 Å². The molecule has 90 valence electrons. The monoisotopic (exact) mass is 249 g/mol. The summed E-state index contributed by atoms with van der Waals surface area (Å²) in [4.78, 5) is 4.28. The van der Waals surface area contributed by atoms with Gasteiger partial charge in [0, 0.05) is 43.1 Å². The molecule has 1 N–H and O–H groups in total. The van der Waals surface area contributed by atoms with Crippen molar-refractivity contribution in [1.29, 1.82) is 0 Å². The molecule has 3 nitrogen and oxygen atoms in total. The average molecular weight is 250 g/mol. The highest BCUT2D eigenvalue weighted by atomic mass is 35.5. The van der Waals surface area contributed by atoms with Crippen LogP contribution in [0.5, 0.6) is 0 Å². The van der Waals surface area contributed by atoms with Crippen LogP contribution in [-0.2, 0) is 13.5 Å². The number of halogens is 1. The number of benzene rings is 1. The largest absolute Gasteiger partial charge is 0.384 e. The van der Waals surface area contributed by atoms with Gasteiger partial charge in [0.1, 0.15) is 5.82 Å². The lowest BCUT2D eigenvalue weighted by Crippen LogP contribution is -2.09. The van der Waals surface area contributed by atoms with Gasteiger partial charge in [-0.1, -0.05) is 17.7 Å². The van der Waals surface area contributed by atoms with E-state index in [0.717, 1.165) is 29.5 Å². The maximum Gasteiger partial charge on any atom is 0.110 e. The maximum absolute atomic E-state index is 5.96. The van der Waals surface area contributed by atoms with Crippen molar-refractivity contribution < 1.29 is 0 Å². The SMILES string of the molecule is Cc1ccc(Cl)cc1NCCc1nccn1C. The fraction of sp³-hybridized carbons (Fsp3) is 0.308. The zero-order chi connectivity index (χ0) is 12.3. The van der Waals surface area contributed by atoms with Gasteiger partial charge in [0.15, 0.2) is 0 Å². The van der Waals surface area contributed by atoms with Crippen LogP contribution in [0.1, 0.15) is 11.4 Å². The Hall–Kier alpha value is -1.48. The second kappa shape index (κ2) is 5.23. The van der Waals surface area contributed by atoms with Crippen LogP contribution >= 0.6 is 11.6 Å². The van der Waals surface area contributed by atoms with Gasteiger partial charge in [-0.15, -0.1) is 0 Å². The molecule has 4 heteroatoms. The standard InChI is InChI=1S/C13H16ClN3/c1-10-3-4-11(14)9-12(10)15-6-5-13-16-7-8-17(13)2/h3-4,7-9,15H,5-6H2,1-2H3. The van der Waals surface area contributed by atoms with Gasteiger partial charge in [-0.2, -0.15) is 0 Å². The van der Waals surface area contributed by atoms with E-state index in [0.29, 0.717) is 0 Å². The summed E-state index contributed by atoms with van der Waals surface area (Å²) in [5, 5.41) is 4.14. The molecule has 0 aliphatic rings. The third-order valence-electron chi connectivity index (χ3n) is 2.78. The van der Waals surface area contributed by atoms with Crippen LogP contribution in [-0.4, -0.2) is 16.1 Å². The van der Waals surface area contributed by atoms with E-state index >= 15 is 0 Å². The van der Waals surface area contributed by atoms with Gasteiger partial charge in [0.05, 0.1) is 0 Å². The summed E-state index contributed by atoms with van der Waals surface area (Å²) in [5.41, 5.74) is 2.29. The smallest absolute Gasteiger partial charge is 0.110 e. The predicted octanol–water partition coefficient (Wildman–Crippen LogP) is 3.04. The number of anilines is 1. The number of nitrogens with zero attached hydrogens (tertiary/aromatic N) is 2. The van der Waals surface area contributed by atoms with E-state index in [9.17, 15) is 0 Å². The lowest BCUT2D eigenvalue weighted by molar-refractivity contribution is 0.789. The number of hydrogen-bond acceptors (Lipinski definition) is 2. The van der Waals surface area contributed by atoms with Gasteiger partial charge in [0.2, 0.25) is 0 Å². The highest BCUT2D eigenvalue weighted by Crippen LogP contribution is 2.19. The first kappa shape index (κ1) is 12.0. The first-order chi connectivity index (χ1) is 8.16. The van der Waals surface area contributed by atoms with Crippen molar-refractivity contribution in [3.8, 4) is 0 Å². The van der Waals surface area contributed by atoms with Crippen molar-refractivity contribution in [2.24, 2.45) is 7.05 Å². The van der Waals surface area contributed by atoms with Crippen LogP contribution in [0.2, 0.25) is 5.02 Å². The van der Waals surface area contributed by atoms with E-state index in [1.807, 2.05) is 42.2 Å². The summed E-state index contributed by atoms with van der Waals surface area (Å²) < 4.78 is 2.03. The van der Waals surface area contributed by atoms with E-state index in [-0.39, 0.29) is 0 Å². The predicted molar refractivity (Wildman–Crippen MR) is 71.6 cm³/mol. The second-order valence-electron chi connectivity index (χ2n) is 4.09. The minimum Gasteiger partial charge on any atom is -0.384 e. The van der Waals surface area contributed by atoms with Crippen LogP contribution < -0.4 is 5.32 Å². The van der Waals surface area contributed by atoms with Crippen molar-refractivity contribution in [3.05, 3.63) is 47.0 Å². The number of rotatable bonds is 4. The molecule has 2 rings (SSSR count). The first-order valence-electron chi connectivity index (χ1n) is 5.63. The Labute approximate surface area is 106 Å². The Bertz CT molecular complexity index is 505. The lowest BCUT2D eigenvalue weighted by atomic mass is 10.2. The third kappa shape index (κ3) is 3.01. The van der Waals surface area contributed by atoms with E-state index in [2.05, 4.69) is 17.2 Å². The molecule has 0 saturated carbocycles. The molecule has 2 aromatic rings. The Balaban J connectivity index is 1.94. The quantitative estimate of drug-likeness (QED) is 0.903. The number of aromatic nitrogens is 2. The van der Waals surface area contributed by atoms with Gasteiger partial charge in [-0.25, -0.2) is 4.98 Å². The van der Waals surface area contributed by atoms with Crippen molar-refractivity contribution >= 4 is 17.3 Å². The van der Waals surface area contributed by atoms with Gasteiger partial charge in [-0.3, -0.25) is 0 Å². The van der Waals surface area contributed by atoms with Gasteiger partial charge in [-0.05, 0) is 24.6 Å². The van der Waals surface area contributed by atoms with Crippen LogP contribution in [0.15, 0.2) is 30.6 Å². The molecule has 1 aromatic heterocycles. The van der Waals surface area contributed by atoms with Crippen LogP contribution in [0.25, 0.3) is 0 Å². The highest BCUT2D eigenvalue weighted by molar-refractivity contribution is 6.30. The van der Waals surface area contributed by atoms with Crippen LogP contribution in [0.4, 0.5) is 5.69 Å². The molecule has 0 aliphatic heterocycles. The van der Waals surface area contributed by atoms with E-state index in [1.165, 1.54) is 5.56 Å². The zero-order valence-electron chi connectivity index (χ0n) is 10.1. The Morgan fingerprint density at radius 2 is 2.24 bits per heavy atom. The summed E-state index contributed by atoms with van der Waals surface area (Å²) in [6, 6.07) is 5.88. The number of hydrogen-bond donors (Lipinski definition) is 1. The second-order valence-corrected chi connectivity index (χ2v) is 4.53. The van der Waals surface area contributed by atoms with Gasteiger partial charge in [0.25, 0.3) is 0 Å². The molecular weight excluding hydrogens is 234 g/mol. The molecule has 0 atom stereocenters. The normalized spacial score (nSPS) is 10.5. The minimum absolute atomic E-state index is 0.759. The Morgan fingerprint density at radius 1 is 1.41 bits per heavy atom. The topological polar surface area (TPSA) is 29.9 Å². The molecule has 0 fully saturated rings. The van der Waals surface area contributed by atoms with Crippen LogP contribution in [0, 0.1) is 6.92 Å². The highest BCUT2D eigenvalue weighted by Gasteiger charge is 2.01. The van der Waals surface area contributed by atoms with Gasteiger partial charge >= 0.3 is 0 Å². The van der Waals surface area contributed by atoms with Crippen molar-refractivity contribution in [2.75, 3.05) is 11.9 Å². The van der Waals surface area contributed by atoms with E-state index in [1.54, 1.807) is 0 Å². The molecular formula is C13H16ClN3. The number of aryl methyl sites for hydroxylation is 2. The number of nitrogens with one attached hydrogen (secondary N) is 1. The first-order valence-corrected chi connectivity index (χ1v) is 6.01. The molecule has 0 radical (unpaired) electrons. The molecule has 17 heavy (non-hydrogen) atoms. The summed E-state index contributed by atoms with van der Waals surface area (Å²) in [6.45, 7) is 2.92. The lowest BCUT2D eigenvalue weighted by Gasteiger charge is -2.09. The Kier molecular flexibility index (Phi) is 3.69. The van der Waals surface area contributed by atoms with E-state index < -0.39 is 0 Å². The van der Waals surface area contributed by atoms with Crippen molar-refractivity contribution in [1.82, 2.24) is 9.55 Å². The molecule has 0 unspecified atom stereocenters. The van der Waals surface area contributed by atoms with Crippen molar-refractivity contribution in [2.45, 2.75) is 13.3 Å². The third-order valence-corrected chi connectivity index (χ3v) is 3.02. The fourth-order valence-corrected chi connectivity index (χ4v) is 1.90. The molecule has 0 bridgehead atoms. The summed E-state index contributed by atoms with van der Waals surface area (Å²) in [6.07, 6.45) is 4.68. The molecule has 1 aromatic carbocycles. The Morgan fingerprint density at radius 3 is 2.94 bits per heavy atom. The fourth-order valence-electron chi connectivity index (χ4n) is 1.73. The molecule has 1 heterocycles. The molecule has 0 amide bonds. The maximum atomic E-state index is 5.96. The molecule has 0 aliphatic carbocycles. The zero-order valence-corrected chi connectivity index (χ0v) is 10.8. The summed E-state index contributed by atoms with van der Waals surface area (Å²) in [7, 11) is 2.01. The van der Waals surface area contributed by atoms with E-state index in [4.69, 9.17) is 11.6 Å². The van der Waals surface area contributed by atoms with Gasteiger partial charge < -0.3 is 9.88 Å². The minimum atomic E-state index is 0.759. The summed E-state index contributed by atoms with van der Waals surface area (Å²) in [5.74, 6) is 1.08. The average Bonchev–Trinajstić information content (AvgIpc) is 2.70. The van der Waals surface area contributed by atoms with Crippen molar-refractivity contribution in [3.63, 3.8) is 0 Å². The molecule has 0 saturated heterocycles.